The first-order valence-electron chi connectivity index (χ1n) is 9.32. The number of unbranched alkanes of at least 4 members (excludes halogenated alkanes) is 1. The molecule has 0 bridgehead atoms. The number of aliphatic carboxylic acids is 1. The molecule has 2 aromatic heterocycles. The van der Waals surface area contributed by atoms with Crippen molar-refractivity contribution in [2.24, 2.45) is 0 Å². The minimum absolute atomic E-state index is 0.165. The molecule has 0 saturated carbocycles. The van der Waals surface area contributed by atoms with E-state index < -0.39 is 5.97 Å². The highest BCUT2D eigenvalue weighted by atomic mass is 35.5. The summed E-state index contributed by atoms with van der Waals surface area (Å²) in [4.78, 5) is 16.9. The van der Waals surface area contributed by atoms with E-state index in [0.717, 1.165) is 46.2 Å². The summed E-state index contributed by atoms with van der Waals surface area (Å²) in [7, 11) is 0. The predicted molar refractivity (Wildman–Crippen MR) is 114 cm³/mol. The van der Waals surface area contributed by atoms with Crippen molar-refractivity contribution in [3.8, 4) is 0 Å². The fourth-order valence-corrected chi connectivity index (χ4v) is 4.19. The summed E-state index contributed by atoms with van der Waals surface area (Å²) in [6.45, 7) is 2.77. The second-order valence-electron chi connectivity index (χ2n) is 6.57. The third-order valence-electron chi connectivity index (χ3n) is 4.61. The van der Waals surface area contributed by atoms with Gasteiger partial charge >= 0.3 is 5.97 Å². The van der Waals surface area contributed by atoms with Gasteiger partial charge in [0.05, 0.1) is 12.5 Å². The predicted octanol–water partition coefficient (Wildman–Crippen LogP) is 5.76. The molecule has 28 heavy (non-hydrogen) atoms. The lowest BCUT2D eigenvalue weighted by Gasteiger charge is -2.17. The van der Waals surface area contributed by atoms with Crippen LogP contribution in [0.5, 0.6) is 0 Å². The molecule has 146 valence electrons. The Bertz CT molecular complexity index is 947. The number of aromatic nitrogens is 2. The Morgan fingerprint density at radius 1 is 1.32 bits per heavy atom. The van der Waals surface area contributed by atoms with E-state index in [0.29, 0.717) is 6.54 Å². The molecule has 0 spiro atoms. The van der Waals surface area contributed by atoms with Gasteiger partial charge < -0.3 is 9.67 Å². The van der Waals surface area contributed by atoms with Gasteiger partial charge in [0.1, 0.15) is 5.82 Å². The maximum Gasteiger partial charge on any atom is 0.328 e. The maximum absolute atomic E-state index is 11.1. The zero-order valence-electron chi connectivity index (χ0n) is 15.7. The van der Waals surface area contributed by atoms with Crippen LogP contribution in [0, 0.1) is 0 Å². The molecule has 0 fully saturated rings. The van der Waals surface area contributed by atoms with Crippen LogP contribution in [0.15, 0.2) is 60.1 Å². The Kier molecular flexibility index (Phi) is 7.06. The topological polar surface area (TPSA) is 55.1 Å². The zero-order chi connectivity index (χ0) is 19.9. The molecule has 0 aliphatic rings. The van der Waals surface area contributed by atoms with E-state index in [4.69, 9.17) is 16.7 Å². The van der Waals surface area contributed by atoms with Gasteiger partial charge in [0.2, 0.25) is 0 Å². The van der Waals surface area contributed by atoms with Gasteiger partial charge in [-0.1, -0.05) is 55.3 Å². The summed E-state index contributed by atoms with van der Waals surface area (Å²) in [5, 5.41) is 11.9. The van der Waals surface area contributed by atoms with Gasteiger partial charge in [0.15, 0.2) is 0 Å². The Morgan fingerprint density at radius 3 is 2.82 bits per heavy atom. The number of nitrogens with zero attached hydrogens (tertiary/aromatic N) is 2. The number of imidazole rings is 1. The van der Waals surface area contributed by atoms with E-state index in [9.17, 15) is 4.79 Å². The second kappa shape index (κ2) is 9.71. The molecule has 4 nitrogen and oxygen atoms in total. The molecule has 1 atom stereocenters. The standard InChI is InChI=1S/C22H23ClN2O2S/c1-2-3-10-21-24-14-19(25(21)15-16-7-4-5-8-18(16)23)17(11-12-22(26)27)20-9-6-13-28-20/h4-9,11-14,17H,2-3,10,15H2,1H3,(H,26,27). The molecule has 0 aliphatic carbocycles. The Balaban J connectivity index is 2.06. The van der Waals surface area contributed by atoms with Gasteiger partial charge in [0.25, 0.3) is 0 Å². The Labute approximate surface area is 174 Å². The van der Waals surface area contributed by atoms with Crippen LogP contribution in [0.25, 0.3) is 0 Å². The van der Waals surface area contributed by atoms with Gasteiger partial charge in [-0.25, -0.2) is 9.78 Å². The van der Waals surface area contributed by atoms with E-state index in [1.165, 1.54) is 6.08 Å². The average Bonchev–Trinajstić information content (AvgIpc) is 3.33. The summed E-state index contributed by atoms with van der Waals surface area (Å²) in [5.41, 5.74) is 2.00. The number of allylic oxidation sites excluding steroid dienone is 1. The van der Waals surface area contributed by atoms with Gasteiger partial charge in [-0.05, 0) is 29.5 Å². The minimum Gasteiger partial charge on any atom is -0.478 e. The zero-order valence-corrected chi connectivity index (χ0v) is 17.3. The molecule has 6 heteroatoms. The fraction of sp³-hybridized carbons (Fsp3) is 0.273. The van der Waals surface area contributed by atoms with Crippen molar-refractivity contribution in [1.29, 1.82) is 0 Å². The number of thiophene rings is 1. The van der Waals surface area contributed by atoms with Crippen LogP contribution < -0.4 is 0 Å². The first-order valence-corrected chi connectivity index (χ1v) is 10.6. The van der Waals surface area contributed by atoms with E-state index in [1.807, 2.05) is 48.0 Å². The van der Waals surface area contributed by atoms with Gasteiger partial charge in [-0.2, -0.15) is 0 Å². The molecular weight excluding hydrogens is 392 g/mol. The number of carbonyl (C=O) groups is 1. The maximum atomic E-state index is 11.1. The quantitative estimate of drug-likeness (QED) is 0.453. The van der Waals surface area contributed by atoms with Gasteiger partial charge in [-0.15, -0.1) is 11.3 Å². The van der Waals surface area contributed by atoms with E-state index in [2.05, 4.69) is 16.5 Å². The summed E-state index contributed by atoms with van der Waals surface area (Å²) >= 11 is 8.02. The van der Waals surface area contributed by atoms with Crippen LogP contribution in [0.3, 0.4) is 0 Å². The second-order valence-corrected chi connectivity index (χ2v) is 7.96. The van der Waals surface area contributed by atoms with Crippen molar-refractivity contribution in [2.45, 2.75) is 38.6 Å². The van der Waals surface area contributed by atoms with Crippen LogP contribution in [0.4, 0.5) is 0 Å². The average molecular weight is 415 g/mol. The van der Waals surface area contributed by atoms with Crippen molar-refractivity contribution in [1.82, 2.24) is 9.55 Å². The van der Waals surface area contributed by atoms with Crippen molar-refractivity contribution in [3.05, 3.63) is 87.1 Å². The molecule has 3 rings (SSSR count). The van der Waals surface area contributed by atoms with E-state index in [1.54, 1.807) is 17.4 Å². The van der Waals surface area contributed by atoms with Crippen LogP contribution in [0.2, 0.25) is 5.02 Å². The summed E-state index contributed by atoms with van der Waals surface area (Å²) in [6, 6.07) is 11.8. The van der Waals surface area contributed by atoms with Gasteiger partial charge in [-0.3, -0.25) is 0 Å². The highest BCUT2D eigenvalue weighted by Gasteiger charge is 2.20. The minimum atomic E-state index is -0.954. The van der Waals surface area contributed by atoms with Crippen LogP contribution in [-0.2, 0) is 17.8 Å². The number of carboxylic acid groups (broad SMARTS) is 1. The van der Waals surface area contributed by atoms with Crippen LogP contribution >= 0.6 is 22.9 Å². The molecule has 0 saturated heterocycles. The fourth-order valence-electron chi connectivity index (χ4n) is 3.18. The van der Waals surface area contributed by atoms with Crippen molar-refractivity contribution in [3.63, 3.8) is 0 Å². The van der Waals surface area contributed by atoms with Crippen LogP contribution in [0.1, 0.15) is 47.6 Å². The molecule has 1 aromatic carbocycles. The lowest BCUT2D eigenvalue weighted by atomic mass is 10.0. The normalized spacial score (nSPS) is 12.5. The van der Waals surface area contributed by atoms with Crippen molar-refractivity contribution < 1.29 is 9.90 Å². The SMILES string of the molecule is CCCCc1ncc(C(C=CC(=O)O)c2cccs2)n1Cc1ccccc1Cl. The summed E-state index contributed by atoms with van der Waals surface area (Å²) < 4.78 is 2.19. The number of benzene rings is 1. The number of hydrogen-bond donors (Lipinski definition) is 1. The van der Waals surface area contributed by atoms with Crippen molar-refractivity contribution >= 4 is 28.9 Å². The molecule has 0 aliphatic heterocycles. The number of halogens is 1. The highest BCUT2D eigenvalue weighted by Crippen LogP contribution is 2.31. The van der Waals surface area contributed by atoms with E-state index >= 15 is 0 Å². The van der Waals surface area contributed by atoms with Crippen molar-refractivity contribution in [2.75, 3.05) is 0 Å². The lowest BCUT2D eigenvalue weighted by Crippen LogP contribution is -2.12. The molecule has 3 aromatic rings. The monoisotopic (exact) mass is 414 g/mol. The molecule has 1 unspecified atom stereocenters. The number of aryl methyl sites for hydroxylation is 1. The third kappa shape index (κ3) is 4.91. The molecule has 2 heterocycles. The Morgan fingerprint density at radius 2 is 2.14 bits per heavy atom. The van der Waals surface area contributed by atoms with Crippen LogP contribution in [-0.4, -0.2) is 20.6 Å². The number of carboxylic acids is 1. The smallest absolute Gasteiger partial charge is 0.328 e. The van der Waals surface area contributed by atoms with E-state index in [-0.39, 0.29) is 5.92 Å². The first-order chi connectivity index (χ1) is 13.6. The van der Waals surface area contributed by atoms with Gasteiger partial charge in [0, 0.05) is 34.3 Å². The number of rotatable bonds is 9. The molecule has 0 radical (unpaired) electrons. The molecular formula is C22H23ClN2O2S. The third-order valence-corrected chi connectivity index (χ3v) is 5.93. The largest absolute Gasteiger partial charge is 0.478 e. The number of hydrogen-bond acceptors (Lipinski definition) is 3. The summed E-state index contributed by atoms with van der Waals surface area (Å²) in [6.07, 6.45) is 7.83. The first kappa shape index (κ1) is 20.4. The Hall–Kier alpha value is -2.37. The summed E-state index contributed by atoms with van der Waals surface area (Å²) in [5.74, 6) is -0.117. The lowest BCUT2D eigenvalue weighted by molar-refractivity contribution is -0.131. The molecule has 0 amide bonds. The highest BCUT2D eigenvalue weighted by molar-refractivity contribution is 7.10. The molecule has 1 N–H and O–H groups in total.